The molecule has 2 aliphatic heterocycles. The van der Waals surface area contributed by atoms with Gasteiger partial charge in [-0.05, 0) is 26.2 Å². The van der Waals surface area contributed by atoms with Gasteiger partial charge in [-0.1, -0.05) is 31.4 Å². The Labute approximate surface area is 104 Å². The Kier molecular flexibility index (Phi) is 3.04. The fourth-order valence-corrected chi connectivity index (χ4v) is 3.94. The Morgan fingerprint density at radius 3 is 2.65 bits per heavy atom. The SMILES string of the molecule is C=C(C)C1CC2(C3CCCCC3)OCCC1O2. The maximum atomic E-state index is 6.32. The molecule has 0 aromatic carbocycles. The molecule has 3 atom stereocenters. The maximum absolute atomic E-state index is 6.32. The van der Waals surface area contributed by atoms with Gasteiger partial charge in [0.15, 0.2) is 5.79 Å². The lowest BCUT2D eigenvalue weighted by Gasteiger charge is -2.41. The van der Waals surface area contributed by atoms with Gasteiger partial charge < -0.3 is 9.47 Å². The van der Waals surface area contributed by atoms with Crippen LogP contribution in [0.25, 0.3) is 0 Å². The van der Waals surface area contributed by atoms with E-state index in [1.54, 1.807) is 0 Å². The van der Waals surface area contributed by atoms with E-state index in [9.17, 15) is 0 Å². The predicted octanol–water partition coefficient (Wildman–Crippen LogP) is 3.66. The van der Waals surface area contributed by atoms with Crippen LogP contribution in [0.5, 0.6) is 0 Å². The smallest absolute Gasteiger partial charge is 0.172 e. The fraction of sp³-hybridized carbons (Fsp3) is 0.867. The zero-order valence-electron chi connectivity index (χ0n) is 10.9. The molecule has 2 bridgehead atoms. The molecular weight excluding hydrogens is 212 g/mol. The summed E-state index contributed by atoms with van der Waals surface area (Å²) in [4.78, 5) is 0. The number of fused-ring (bicyclic) bond motifs is 2. The minimum absolute atomic E-state index is 0.243. The van der Waals surface area contributed by atoms with Crippen molar-refractivity contribution in [3.05, 3.63) is 12.2 Å². The van der Waals surface area contributed by atoms with Gasteiger partial charge in [-0.2, -0.15) is 0 Å². The monoisotopic (exact) mass is 236 g/mol. The third-order valence-corrected chi connectivity index (χ3v) is 4.91. The van der Waals surface area contributed by atoms with Crippen LogP contribution in [0.1, 0.15) is 51.9 Å². The van der Waals surface area contributed by atoms with E-state index in [-0.39, 0.29) is 5.79 Å². The molecule has 2 nitrogen and oxygen atoms in total. The molecule has 0 aromatic rings. The third-order valence-electron chi connectivity index (χ3n) is 4.91. The molecule has 2 saturated heterocycles. The van der Waals surface area contributed by atoms with Crippen LogP contribution in [0.3, 0.4) is 0 Å². The summed E-state index contributed by atoms with van der Waals surface area (Å²) in [5.74, 6) is 0.912. The molecule has 3 rings (SSSR count). The number of ether oxygens (including phenoxy) is 2. The summed E-state index contributed by atoms with van der Waals surface area (Å²) >= 11 is 0. The van der Waals surface area contributed by atoms with Gasteiger partial charge in [0.2, 0.25) is 0 Å². The van der Waals surface area contributed by atoms with Crippen LogP contribution >= 0.6 is 0 Å². The maximum Gasteiger partial charge on any atom is 0.172 e. The van der Waals surface area contributed by atoms with Gasteiger partial charge >= 0.3 is 0 Å². The largest absolute Gasteiger partial charge is 0.349 e. The van der Waals surface area contributed by atoms with Crippen molar-refractivity contribution in [2.75, 3.05) is 6.61 Å². The standard InChI is InChI=1S/C15H24O2/c1-11(2)13-10-15(12-6-4-3-5-7-12)16-9-8-14(13)17-15/h12-14H,1,3-10H2,2H3. The molecule has 17 heavy (non-hydrogen) atoms. The van der Waals surface area contributed by atoms with Gasteiger partial charge in [-0.15, -0.1) is 0 Å². The third kappa shape index (κ3) is 1.96. The number of hydrogen-bond donors (Lipinski definition) is 0. The zero-order chi connectivity index (χ0) is 11.9. The molecule has 0 aromatic heterocycles. The van der Waals surface area contributed by atoms with E-state index < -0.39 is 0 Å². The van der Waals surface area contributed by atoms with Crippen molar-refractivity contribution < 1.29 is 9.47 Å². The van der Waals surface area contributed by atoms with Crippen LogP contribution in [0.2, 0.25) is 0 Å². The van der Waals surface area contributed by atoms with E-state index in [4.69, 9.17) is 9.47 Å². The Morgan fingerprint density at radius 2 is 1.94 bits per heavy atom. The van der Waals surface area contributed by atoms with Crippen molar-refractivity contribution in [1.29, 1.82) is 0 Å². The Hall–Kier alpha value is -0.340. The fourth-order valence-electron chi connectivity index (χ4n) is 3.94. The molecule has 1 saturated carbocycles. The summed E-state index contributed by atoms with van der Waals surface area (Å²) in [6.45, 7) is 7.16. The first kappa shape index (κ1) is 11.7. The van der Waals surface area contributed by atoms with E-state index in [2.05, 4.69) is 13.5 Å². The van der Waals surface area contributed by atoms with Crippen LogP contribution in [0.15, 0.2) is 12.2 Å². The van der Waals surface area contributed by atoms with Gasteiger partial charge in [0.25, 0.3) is 0 Å². The lowest BCUT2D eigenvalue weighted by molar-refractivity contribution is -0.289. The molecule has 3 aliphatic rings. The quantitative estimate of drug-likeness (QED) is 0.681. The van der Waals surface area contributed by atoms with Crippen LogP contribution in [-0.4, -0.2) is 18.5 Å². The summed E-state index contributed by atoms with van der Waals surface area (Å²) in [5.41, 5.74) is 1.28. The highest BCUT2D eigenvalue weighted by Gasteiger charge is 2.54. The minimum Gasteiger partial charge on any atom is -0.349 e. The summed E-state index contributed by atoms with van der Waals surface area (Å²) in [6, 6.07) is 0. The van der Waals surface area contributed by atoms with E-state index in [1.807, 2.05) is 0 Å². The Morgan fingerprint density at radius 1 is 1.18 bits per heavy atom. The average Bonchev–Trinajstić information content (AvgIpc) is 2.63. The normalized spacial score (nSPS) is 42.6. The summed E-state index contributed by atoms with van der Waals surface area (Å²) < 4.78 is 12.4. The molecule has 1 aliphatic carbocycles. The molecule has 3 unspecified atom stereocenters. The molecule has 0 radical (unpaired) electrons. The average molecular weight is 236 g/mol. The van der Waals surface area contributed by atoms with Crippen molar-refractivity contribution in [3.8, 4) is 0 Å². The number of hydrogen-bond acceptors (Lipinski definition) is 2. The predicted molar refractivity (Wildman–Crippen MR) is 67.7 cm³/mol. The van der Waals surface area contributed by atoms with Gasteiger partial charge in [0.1, 0.15) is 0 Å². The van der Waals surface area contributed by atoms with Crippen molar-refractivity contribution >= 4 is 0 Å². The van der Waals surface area contributed by atoms with Gasteiger partial charge in [-0.3, -0.25) is 0 Å². The van der Waals surface area contributed by atoms with Gasteiger partial charge in [0.05, 0.1) is 12.7 Å². The molecule has 0 N–H and O–H groups in total. The van der Waals surface area contributed by atoms with Crippen LogP contribution < -0.4 is 0 Å². The topological polar surface area (TPSA) is 18.5 Å². The van der Waals surface area contributed by atoms with E-state index in [1.165, 1.54) is 37.7 Å². The highest BCUT2D eigenvalue weighted by atomic mass is 16.7. The van der Waals surface area contributed by atoms with Crippen molar-refractivity contribution in [2.24, 2.45) is 11.8 Å². The molecule has 2 heteroatoms. The first-order valence-corrected chi connectivity index (χ1v) is 7.18. The summed E-state index contributed by atoms with van der Waals surface area (Å²) in [5, 5.41) is 0. The van der Waals surface area contributed by atoms with Crippen molar-refractivity contribution in [3.63, 3.8) is 0 Å². The molecule has 3 fully saturated rings. The highest BCUT2D eigenvalue weighted by Crippen LogP contribution is 2.51. The highest BCUT2D eigenvalue weighted by molar-refractivity contribution is 5.08. The molecule has 0 amide bonds. The molecular formula is C15H24O2. The lowest BCUT2D eigenvalue weighted by Crippen LogP contribution is -2.45. The summed E-state index contributed by atoms with van der Waals surface area (Å²) in [6.07, 6.45) is 9.14. The van der Waals surface area contributed by atoms with E-state index in [0.717, 1.165) is 19.4 Å². The van der Waals surface area contributed by atoms with Gasteiger partial charge in [0, 0.05) is 18.3 Å². The Bertz CT molecular complexity index is 306. The Balaban J connectivity index is 1.79. The van der Waals surface area contributed by atoms with Crippen molar-refractivity contribution in [2.45, 2.75) is 63.8 Å². The van der Waals surface area contributed by atoms with E-state index >= 15 is 0 Å². The first-order valence-electron chi connectivity index (χ1n) is 7.18. The second kappa shape index (κ2) is 4.40. The second-order valence-corrected chi connectivity index (χ2v) is 6.10. The van der Waals surface area contributed by atoms with E-state index in [0.29, 0.717) is 17.9 Å². The van der Waals surface area contributed by atoms with Gasteiger partial charge in [-0.25, -0.2) is 0 Å². The zero-order valence-corrected chi connectivity index (χ0v) is 10.9. The molecule has 96 valence electrons. The number of rotatable bonds is 2. The van der Waals surface area contributed by atoms with Crippen LogP contribution in [0.4, 0.5) is 0 Å². The molecule has 0 spiro atoms. The summed E-state index contributed by atoms with van der Waals surface area (Å²) in [7, 11) is 0. The minimum atomic E-state index is -0.243. The first-order chi connectivity index (χ1) is 8.21. The molecule has 2 heterocycles. The van der Waals surface area contributed by atoms with Crippen LogP contribution in [-0.2, 0) is 9.47 Å². The lowest BCUT2D eigenvalue weighted by atomic mass is 9.79. The van der Waals surface area contributed by atoms with Crippen LogP contribution in [0, 0.1) is 11.8 Å². The second-order valence-electron chi connectivity index (χ2n) is 6.10. The van der Waals surface area contributed by atoms with Crippen molar-refractivity contribution in [1.82, 2.24) is 0 Å².